The number of halogens is 5. The lowest BCUT2D eigenvalue weighted by Gasteiger charge is -2.45. The monoisotopic (exact) mass is 794 g/mol. The fourth-order valence-corrected chi connectivity index (χ4v) is 8.17. The van der Waals surface area contributed by atoms with E-state index in [0.29, 0.717) is 41.6 Å². The maximum Gasteiger partial charge on any atom is 0.431 e. The topological polar surface area (TPSA) is 121 Å². The molecule has 1 aromatic heterocycles. The summed E-state index contributed by atoms with van der Waals surface area (Å²) in [4.78, 5) is 38.4. The third kappa shape index (κ3) is 11.0. The van der Waals surface area contributed by atoms with Gasteiger partial charge in [-0.25, -0.2) is 9.48 Å². The van der Waals surface area contributed by atoms with E-state index in [1.807, 2.05) is 39.8 Å². The number of hydrogen-bond donors (Lipinski definition) is 3. The number of aliphatic carboxylic acids is 1. The second kappa shape index (κ2) is 18.8. The molecule has 2 saturated heterocycles. The predicted molar refractivity (Wildman–Crippen MR) is 202 cm³/mol. The van der Waals surface area contributed by atoms with Gasteiger partial charge < -0.3 is 15.0 Å². The van der Waals surface area contributed by atoms with Crippen LogP contribution in [-0.2, 0) is 22.1 Å². The van der Waals surface area contributed by atoms with Gasteiger partial charge in [-0.3, -0.25) is 23.8 Å². The number of pyridine rings is 1. The number of fused-ring (bicyclic) bond motifs is 3. The lowest BCUT2D eigenvalue weighted by molar-refractivity contribution is -0.144. The molecule has 2 aromatic carbocycles. The summed E-state index contributed by atoms with van der Waals surface area (Å²) in [5.41, 5.74) is 2.02. The molecule has 54 heavy (non-hydrogen) atoms. The molecule has 2 bridgehead atoms. The summed E-state index contributed by atoms with van der Waals surface area (Å²) in [7, 11) is -0.455. The maximum absolute atomic E-state index is 14.6. The quantitative estimate of drug-likeness (QED) is 0.117. The SMILES string of the molecule is CC(C)CCNC(=O)c1ccc(C(F)(F)F)n(CCN2CC3CCC2CC3)c1=O.Cc1cc(-c2c(C)cc(Cl)cc2C)cc([C@H](CC(=O)O)NP=O)c1F. The molecule has 1 aliphatic carbocycles. The van der Waals surface area contributed by atoms with Crippen LogP contribution < -0.4 is 16.0 Å². The van der Waals surface area contributed by atoms with Gasteiger partial charge in [-0.1, -0.05) is 25.4 Å². The van der Waals surface area contributed by atoms with Gasteiger partial charge in [0.05, 0.1) is 12.5 Å². The van der Waals surface area contributed by atoms with Gasteiger partial charge in [0.15, 0.2) is 0 Å². The summed E-state index contributed by atoms with van der Waals surface area (Å²) in [6.45, 7) is 11.0. The molecule has 3 aromatic rings. The first-order chi connectivity index (χ1) is 25.4. The predicted octanol–water partition coefficient (Wildman–Crippen LogP) is 8.90. The number of carboxylic acid groups (broad SMARTS) is 1. The highest BCUT2D eigenvalue weighted by atomic mass is 35.5. The highest BCUT2D eigenvalue weighted by molar-refractivity contribution is 7.21. The van der Waals surface area contributed by atoms with Crippen LogP contribution in [0.2, 0.25) is 5.02 Å². The van der Waals surface area contributed by atoms with Crippen molar-refractivity contribution in [1.82, 2.24) is 19.9 Å². The Kier molecular flexibility index (Phi) is 15.0. The summed E-state index contributed by atoms with van der Waals surface area (Å²) < 4.78 is 66.8. The van der Waals surface area contributed by atoms with Crippen LogP contribution in [0, 0.1) is 38.4 Å². The molecule has 1 saturated carbocycles. The number of hydrogen-bond acceptors (Lipinski definition) is 5. The zero-order valence-electron chi connectivity index (χ0n) is 31.2. The van der Waals surface area contributed by atoms with Gasteiger partial charge in [0, 0.05) is 42.8 Å². The summed E-state index contributed by atoms with van der Waals surface area (Å²) >= 11 is 6.08. The van der Waals surface area contributed by atoms with Gasteiger partial charge in [0.25, 0.3) is 11.5 Å². The van der Waals surface area contributed by atoms with E-state index in [1.165, 1.54) is 12.8 Å². The van der Waals surface area contributed by atoms with Crippen molar-refractivity contribution in [3.05, 3.63) is 91.1 Å². The lowest BCUT2D eigenvalue weighted by Crippen LogP contribution is -2.49. The molecule has 9 nitrogen and oxygen atoms in total. The van der Waals surface area contributed by atoms with Gasteiger partial charge >= 0.3 is 12.1 Å². The van der Waals surface area contributed by atoms with Crippen LogP contribution in [-0.4, -0.2) is 52.1 Å². The highest BCUT2D eigenvalue weighted by Crippen LogP contribution is 2.36. The number of aromatic nitrogens is 1. The Morgan fingerprint density at radius 3 is 2.19 bits per heavy atom. The molecule has 3 N–H and O–H groups in total. The van der Waals surface area contributed by atoms with Gasteiger partial charge in [-0.05, 0) is 129 Å². The minimum absolute atomic E-state index is 0.0655. The number of nitrogens with one attached hydrogen (secondary N) is 2. The largest absolute Gasteiger partial charge is 0.481 e. The van der Waals surface area contributed by atoms with E-state index in [2.05, 4.69) is 15.3 Å². The Morgan fingerprint density at radius 2 is 1.65 bits per heavy atom. The molecule has 2 aliphatic heterocycles. The van der Waals surface area contributed by atoms with Gasteiger partial charge in [0.1, 0.15) is 17.1 Å². The first kappa shape index (κ1) is 43.1. The van der Waals surface area contributed by atoms with E-state index in [4.69, 9.17) is 16.7 Å². The van der Waals surface area contributed by atoms with Crippen LogP contribution in [0.4, 0.5) is 17.6 Å². The molecule has 3 aliphatic rings. The van der Waals surface area contributed by atoms with Gasteiger partial charge in [-0.2, -0.15) is 13.2 Å². The highest BCUT2D eigenvalue weighted by Gasteiger charge is 2.37. The van der Waals surface area contributed by atoms with E-state index in [1.54, 1.807) is 19.1 Å². The molecular formula is C39H48ClF4N4O5P. The Morgan fingerprint density at radius 1 is 1.00 bits per heavy atom. The number of carboxylic acids is 1. The fourth-order valence-electron chi connectivity index (χ4n) is 7.49. The zero-order valence-corrected chi connectivity index (χ0v) is 32.8. The molecule has 3 heterocycles. The molecule has 0 radical (unpaired) electrons. The van der Waals surface area contributed by atoms with Crippen molar-refractivity contribution >= 4 is 32.1 Å². The van der Waals surface area contributed by atoms with Gasteiger partial charge in [0.2, 0.25) is 8.61 Å². The molecule has 6 rings (SSSR count). The molecule has 1 atom stereocenters. The van der Waals surface area contributed by atoms with Crippen molar-refractivity contribution in [3.8, 4) is 11.1 Å². The molecule has 294 valence electrons. The Hall–Kier alpha value is -3.64. The van der Waals surface area contributed by atoms with Crippen LogP contribution in [0.25, 0.3) is 11.1 Å². The number of amides is 1. The fraction of sp³-hybridized carbons (Fsp3) is 0.513. The third-order valence-electron chi connectivity index (χ3n) is 10.2. The molecule has 0 unspecified atom stereocenters. The number of piperidine rings is 2. The van der Waals surface area contributed by atoms with Crippen molar-refractivity contribution in [1.29, 1.82) is 0 Å². The lowest BCUT2D eigenvalue weighted by atomic mass is 9.80. The second-order valence-electron chi connectivity index (χ2n) is 14.7. The zero-order chi connectivity index (χ0) is 39.9. The van der Waals surface area contributed by atoms with Crippen molar-refractivity contribution in [2.75, 3.05) is 19.6 Å². The average molecular weight is 795 g/mol. The Labute approximate surface area is 319 Å². The number of benzene rings is 2. The Balaban J connectivity index is 0.000000244. The number of nitrogens with zero attached hydrogens (tertiary/aromatic N) is 2. The smallest absolute Gasteiger partial charge is 0.431 e. The first-order valence-corrected chi connectivity index (χ1v) is 19.3. The number of rotatable bonds is 13. The molecule has 3 fully saturated rings. The summed E-state index contributed by atoms with van der Waals surface area (Å²) in [6.07, 6.45) is 0.217. The molecule has 0 spiro atoms. The molecule has 15 heteroatoms. The number of alkyl halides is 3. The number of aryl methyl sites for hydroxylation is 3. The average Bonchev–Trinajstić information content (AvgIpc) is 3.08. The first-order valence-electron chi connectivity index (χ1n) is 18.1. The van der Waals surface area contributed by atoms with Crippen LogP contribution in [0.5, 0.6) is 0 Å². The Bertz CT molecular complexity index is 1870. The van der Waals surface area contributed by atoms with Crippen molar-refractivity contribution in [2.45, 2.75) is 97.9 Å². The minimum Gasteiger partial charge on any atom is -0.481 e. The van der Waals surface area contributed by atoms with E-state index in [-0.39, 0.29) is 24.1 Å². The summed E-state index contributed by atoms with van der Waals surface area (Å²) in [5.74, 6) is -1.25. The summed E-state index contributed by atoms with van der Waals surface area (Å²) in [5, 5.41) is 14.8. The summed E-state index contributed by atoms with van der Waals surface area (Å²) in [6, 6.07) is 8.32. The number of carbonyl (C=O) groups excluding carboxylic acids is 1. The van der Waals surface area contributed by atoms with E-state index in [0.717, 1.165) is 64.8 Å². The molecular weight excluding hydrogens is 747 g/mol. The van der Waals surface area contributed by atoms with Gasteiger partial charge in [-0.15, -0.1) is 0 Å². The van der Waals surface area contributed by atoms with Crippen molar-refractivity contribution in [2.24, 2.45) is 11.8 Å². The molecule has 1 amide bonds. The van der Waals surface area contributed by atoms with E-state index >= 15 is 0 Å². The third-order valence-corrected chi connectivity index (χ3v) is 10.8. The van der Waals surface area contributed by atoms with Crippen molar-refractivity contribution in [3.63, 3.8) is 0 Å². The van der Waals surface area contributed by atoms with E-state index < -0.39 is 49.8 Å². The number of carbonyl (C=O) groups is 2. The standard InChI is InChI=1S/C21H30F3N3O2.C18H18ClFNO3P/c1-14(2)9-10-25-19(28)17-7-8-18(21(22,23)24)27(20(17)29)12-11-26-13-15-3-5-16(26)6-4-15;1-9-5-13(19)6-10(2)17(9)12-4-11(3)18(20)14(7-12)15(21-25-24)8-16(22)23/h7-8,14-16H,3-6,9-13H2,1-2H3,(H,25,28);4-7,15H,8H2,1-3H3,(H,21,24)(H,22,23)/t;15-/m.0/s1. The van der Waals surface area contributed by atoms with Crippen LogP contribution in [0.3, 0.4) is 0 Å². The van der Waals surface area contributed by atoms with Crippen LogP contribution in [0.1, 0.15) is 96.7 Å². The van der Waals surface area contributed by atoms with Crippen LogP contribution >= 0.6 is 20.2 Å². The van der Waals surface area contributed by atoms with Crippen LogP contribution in [0.15, 0.2) is 41.2 Å². The van der Waals surface area contributed by atoms with Crippen molar-refractivity contribution < 1.29 is 36.8 Å². The van der Waals surface area contributed by atoms with E-state index in [9.17, 15) is 36.5 Å². The normalized spacial score (nSPS) is 17.7. The maximum atomic E-state index is 14.6. The minimum atomic E-state index is -4.65. The second-order valence-corrected chi connectivity index (χ2v) is 15.6.